The monoisotopic (exact) mass is 491 g/mol. The van der Waals surface area contributed by atoms with Gasteiger partial charge >= 0.3 is 0 Å². The Morgan fingerprint density at radius 3 is 2.54 bits per heavy atom. The van der Waals surface area contributed by atoms with E-state index in [1.165, 1.54) is 0 Å². The number of para-hydroxylation sites is 1. The minimum absolute atomic E-state index is 0.177. The van der Waals surface area contributed by atoms with Crippen LogP contribution in [-0.2, 0) is 11.8 Å². The molecule has 5 aromatic rings. The smallest absolute Gasteiger partial charge is 0.219 e. The van der Waals surface area contributed by atoms with Crippen LogP contribution in [0.1, 0.15) is 25.3 Å². The number of hydrogen-bond acceptors (Lipinski definition) is 5. The third-order valence-corrected chi connectivity index (χ3v) is 8.03. The molecule has 0 spiro atoms. The number of piperidine rings is 2. The molecule has 2 unspecified atom stereocenters. The summed E-state index contributed by atoms with van der Waals surface area (Å²) in [6, 6.07) is 17.4. The van der Waals surface area contributed by atoms with Gasteiger partial charge in [-0.15, -0.1) is 0 Å². The number of aromatic nitrogens is 5. The SMILES string of the molecule is CC(=O)N1CC2CCC1CN2c1ccc(-n2nc(-c3cccc4nn(C)cc34)c3cccc(C)c32)cn1. The van der Waals surface area contributed by atoms with Crippen molar-refractivity contribution in [1.29, 1.82) is 0 Å². The lowest BCUT2D eigenvalue weighted by atomic mass is 9.90. The number of fused-ring (bicyclic) bond motifs is 5. The summed E-state index contributed by atoms with van der Waals surface area (Å²) in [7, 11) is 1.95. The van der Waals surface area contributed by atoms with Crippen LogP contribution in [-0.4, -0.2) is 60.5 Å². The summed E-state index contributed by atoms with van der Waals surface area (Å²) >= 11 is 0. The van der Waals surface area contributed by atoms with Crippen LogP contribution in [0.5, 0.6) is 0 Å². The number of carbonyl (C=O) groups excluding carboxylic acids is 1. The molecule has 8 nitrogen and oxygen atoms in total. The number of nitrogens with zero attached hydrogens (tertiary/aromatic N) is 7. The first-order valence-corrected chi connectivity index (χ1v) is 12.9. The van der Waals surface area contributed by atoms with Gasteiger partial charge in [-0.05, 0) is 43.5 Å². The fourth-order valence-corrected chi connectivity index (χ4v) is 6.26. The van der Waals surface area contributed by atoms with Crippen LogP contribution >= 0.6 is 0 Å². The van der Waals surface area contributed by atoms with E-state index in [2.05, 4.69) is 59.5 Å². The maximum atomic E-state index is 12.0. The quantitative estimate of drug-likeness (QED) is 0.372. The van der Waals surface area contributed by atoms with Crippen LogP contribution in [0.3, 0.4) is 0 Å². The van der Waals surface area contributed by atoms with Crippen molar-refractivity contribution >= 4 is 33.5 Å². The van der Waals surface area contributed by atoms with Crippen molar-refractivity contribution < 1.29 is 4.79 Å². The molecular formula is C29H29N7O. The summed E-state index contributed by atoms with van der Waals surface area (Å²) in [4.78, 5) is 21.3. The number of piperazine rings is 1. The van der Waals surface area contributed by atoms with Crippen molar-refractivity contribution in [3.63, 3.8) is 0 Å². The molecule has 8 heteroatoms. The van der Waals surface area contributed by atoms with Gasteiger partial charge in [0.1, 0.15) is 11.5 Å². The average Bonchev–Trinajstić information content (AvgIpc) is 3.50. The van der Waals surface area contributed by atoms with Crippen LogP contribution in [0.15, 0.2) is 60.9 Å². The van der Waals surface area contributed by atoms with E-state index in [9.17, 15) is 4.79 Å². The highest BCUT2D eigenvalue weighted by molar-refractivity contribution is 6.03. The molecule has 3 aliphatic rings. The number of carbonyl (C=O) groups is 1. The number of aryl methyl sites for hydroxylation is 2. The highest BCUT2D eigenvalue weighted by atomic mass is 16.2. The first-order valence-electron chi connectivity index (χ1n) is 12.9. The van der Waals surface area contributed by atoms with Gasteiger partial charge in [0.15, 0.2) is 0 Å². The Morgan fingerprint density at radius 2 is 1.78 bits per heavy atom. The lowest BCUT2D eigenvalue weighted by Gasteiger charge is -2.51. The van der Waals surface area contributed by atoms with Gasteiger partial charge in [-0.25, -0.2) is 9.67 Å². The zero-order valence-corrected chi connectivity index (χ0v) is 21.3. The largest absolute Gasteiger partial charge is 0.350 e. The van der Waals surface area contributed by atoms with Gasteiger partial charge in [0.2, 0.25) is 5.91 Å². The predicted octanol–water partition coefficient (Wildman–Crippen LogP) is 4.48. The predicted molar refractivity (Wildman–Crippen MR) is 145 cm³/mol. The summed E-state index contributed by atoms with van der Waals surface area (Å²) < 4.78 is 3.87. The number of pyridine rings is 1. The van der Waals surface area contributed by atoms with Crippen molar-refractivity contribution in [3.05, 3.63) is 66.5 Å². The van der Waals surface area contributed by atoms with Crippen LogP contribution in [0.25, 0.3) is 38.8 Å². The van der Waals surface area contributed by atoms with Gasteiger partial charge in [0, 0.05) is 61.7 Å². The third-order valence-electron chi connectivity index (χ3n) is 8.03. The van der Waals surface area contributed by atoms with Crippen LogP contribution in [0, 0.1) is 6.92 Å². The molecule has 3 aliphatic heterocycles. The van der Waals surface area contributed by atoms with E-state index in [-0.39, 0.29) is 11.9 Å². The average molecular weight is 492 g/mol. The molecule has 1 amide bonds. The van der Waals surface area contributed by atoms with Crippen LogP contribution < -0.4 is 4.90 Å². The number of benzene rings is 2. The van der Waals surface area contributed by atoms with Gasteiger partial charge in [-0.3, -0.25) is 9.48 Å². The van der Waals surface area contributed by atoms with E-state index < -0.39 is 0 Å². The Morgan fingerprint density at radius 1 is 0.946 bits per heavy atom. The van der Waals surface area contributed by atoms with E-state index in [4.69, 9.17) is 10.1 Å². The highest BCUT2D eigenvalue weighted by Crippen LogP contribution is 2.36. The van der Waals surface area contributed by atoms with Gasteiger partial charge in [-0.1, -0.05) is 30.3 Å². The van der Waals surface area contributed by atoms with Crippen LogP contribution in [0.2, 0.25) is 0 Å². The summed E-state index contributed by atoms with van der Waals surface area (Å²) in [5, 5.41) is 11.9. The second-order valence-electron chi connectivity index (χ2n) is 10.4. The Labute approximate surface area is 215 Å². The van der Waals surface area contributed by atoms with Gasteiger partial charge in [0.25, 0.3) is 0 Å². The molecule has 186 valence electrons. The van der Waals surface area contributed by atoms with Crippen molar-refractivity contribution in [2.75, 3.05) is 18.0 Å². The summed E-state index contributed by atoms with van der Waals surface area (Å²) in [5.74, 6) is 1.14. The molecule has 0 saturated carbocycles. The van der Waals surface area contributed by atoms with E-state index in [1.807, 2.05) is 39.6 Å². The molecule has 2 atom stereocenters. The van der Waals surface area contributed by atoms with E-state index in [0.717, 1.165) is 76.1 Å². The van der Waals surface area contributed by atoms with Crippen molar-refractivity contribution in [1.82, 2.24) is 29.4 Å². The fourth-order valence-electron chi connectivity index (χ4n) is 6.26. The normalized spacial score (nSPS) is 19.3. The molecule has 6 heterocycles. The number of hydrogen-bond donors (Lipinski definition) is 0. The molecule has 0 N–H and O–H groups in total. The maximum Gasteiger partial charge on any atom is 0.219 e. The topological polar surface area (TPSA) is 72.1 Å². The van der Waals surface area contributed by atoms with Gasteiger partial charge in [-0.2, -0.15) is 10.2 Å². The minimum atomic E-state index is 0.177. The molecule has 2 bridgehead atoms. The molecule has 0 radical (unpaired) electrons. The van der Waals surface area contributed by atoms with Crippen molar-refractivity contribution in [2.45, 2.75) is 38.8 Å². The van der Waals surface area contributed by atoms with E-state index in [0.29, 0.717) is 6.04 Å². The van der Waals surface area contributed by atoms with Gasteiger partial charge in [0.05, 0.1) is 22.9 Å². The Kier molecular flexibility index (Phi) is 4.86. The van der Waals surface area contributed by atoms with Crippen molar-refractivity contribution in [3.8, 4) is 16.9 Å². The Bertz CT molecular complexity index is 1670. The molecule has 3 saturated heterocycles. The molecule has 0 aliphatic carbocycles. The van der Waals surface area contributed by atoms with Gasteiger partial charge < -0.3 is 9.80 Å². The van der Waals surface area contributed by atoms with E-state index >= 15 is 0 Å². The molecule has 2 aromatic carbocycles. The van der Waals surface area contributed by atoms with Crippen molar-refractivity contribution in [2.24, 2.45) is 7.05 Å². The molecule has 3 aromatic heterocycles. The lowest BCUT2D eigenvalue weighted by Crippen LogP contribution is -2.64. The maximum absolute atomic E-state index is 12.0. The second kappa shape index (κ2) is 8.16. The zero-order chi connectivity index (χ0) is 25.3. The standard InChI is InChI=1S/C29H29N7O/c1-18-6-4-8-24-28(23-7-5-9-26-25(23)17-33(3)31-26)32-36(29(18)24)20-12-13-27(30-14-20)35-16-21-10-11-22(35)15-34(21)19(2)37/h4-9,12-14,17,21-22H,10-11,15-16H2,1-3H3. The number of amides is 1. The fraction of sp³-hybridized carbons (Fsp3) is 0.310. The molecule has 37 heavy (non-hydrogen) atoms. The summed E-state index contributed by atoms with van der Waals surface area (Å²) in [6.45, 7) is 5.44. The Balaban J connectivity index is 1.29. The van der Waals surface area contributed by atoms with Crippen LogP contribution in [0.4, 0.5) is 5.82 Å². The number of rotatable bonds is 3. The summed E-state index contributed by atoms with van der Waals surface area (Å²) in [6.07, 6.45) is 6.16. The minimum Gasteiger partial charge on any atom is -0.350 e. The summed E-state index contributed by atoms with van der Waals surface area (Å²) in [5.41, 5.74) is 6.15. The first-order chi connectivity index (χ1) is 18.0. The number of anilines is 1. The van der Waals surface area contributed by atoms with E-state index in [1.54, 1.807) is 6.92 Å². The molecular weight excluding hydrogens is 462 g/mol. The third kappa shape index (κ3) is 3.43. The first kappa shape index (κ1) is 22.0. The highest BCUT2D eigenvalue weighted by Gasteiger charge is 2.40. The molecule has 3 fully saturated rings. The lowest BCUT2D eigenvalue weighted by molar-refractivity contribution is -0.133. The second-order valence-corrected chi connectivity index (χ2v) is 10.4. The zero-order valence-electron chi connectivity index (χ0n) is 21.3. The molecule has 8 rings (SSSR count). The Hall–Kier alpha value is -4.20.